The Bertz CT molecular complexity index is 1920. The maximum Gasteiger partial charge on any atom is 0.164 e. The normalized spacial score (nSPS) is 11.8. The summed E-state index contributed by atoms with van der Waals surface area (Å²) >= 11 is 0. The van der Waals surface area contributed by atoms with E-state index in [4.69, 9.17) is 9.97 Å². The van der Waals surface area contributed by atoms with E-state index >= 15 is 0 Å². The first-order valence-electron chi connectivity index (χ1n) is 15.7. The van der Waals surface area contributed by atoms with E-state index in [1.807, 2.05) is 79.0 Å². The Balaban J connectivity index is 1.57. The van der Waals surface area contributed by atoms with Crippen molar-refractivity contribution in [2.45, 2.75) is 52.4 Å². The van der Waals surface area contributed by atoms with Crippen LogP contribution in [0, 0.1) is 0 Å². The molecule has 0 atom stereocenters. The van der Waals surface area contributed by atoms with Gasteiger partial charge >= 0.3 is 0 Å². The summed E-state index contributed by atoms with van der Waals surface area (Å²) in [5, 5.41) is 11.8. The van der Waals surface area contributed by atoms with Crippen LogP contribution in [0.25, 0.3) is 33.9 Å². The number of anilines is 3. The molecule has 0 radical (unpaired) electrons. The monoisotopic (exact) mass is 604 g/mol. The Morgan fingerprint density at radius 3 is 1.80 bits per heavy atom. The summed E-state index contributed by atoms with van der Waals surface area (Å²) in [5.41, 5.74) is 7.63. The minimum absolute atomic E-state index is 0.136. The van der Waals surface area contributed by atoms with Crippen LogP contribution >= 0.6 is 0 Å². The summed E-state index contributed by atoms with van der Waals surface area (Å²) in [6, 6.07) is 40.8. The molecule has 0 amide bonds. The molecule has 0 unspecified atom stereocenters. The topological polar surface area (TPSA) is 62.1 Å². The zero-order valence-electron chi connectivity index (χ0n) is 27.4. The second-order valence-electron chi connectivity index (χ2n) is 13.7. The van der Waals surface area contributed by atoms with Crippen LogP contribution in [0.4, 0.5) is 17.2 Å². The van der Waals surface area contributed by atoms with Crippen LogP contribution in [0.15, 0.2) is 128 Å². The van der Waals surface area contributed by atoms with E-state index in [1.165, 1.54) is 0 Å². The summed E-state index contributed by atoms with van der Waals surface area (Å²) in [7, 11) is 0. The first-order valence-corrected chi connectivity index (χ1v) is 15.7. The van der Waals surface area contributed by atoms with Crippen LogP contribution in [0.2, 0.25) is 0 Å². The number of phenols is 1. The highest BCUT2D eigenvalue weighted by Gasteiger charge is 2.27. The molecule has 0 saturated carbocycles. The van der Waals surface area contributed by atoms with Crippen molar-refractivity contribution >= 4 is 17.2 Å². The van der Waals surface area contributed by atoms with Gasteiger partial charge in [0.05, 0.1) is 17.0 Å². The SMILES string of the molecule is CC(C)(C)c1cc(-c2nc(-c3ccccc3)cc(-c3cccc(N(c4ccccc4)c4ccccn4)c3)n2)c(O)c(C(C)(C)C)c1. The van der Waals surface area contributed by atoms with Crippen LogP contribution in [0.3, 0.4) is 0 Å². The van der Waals surface area contributed by atoms with Gasteiger partial charge < -0.3 is 5.11 Å². The quantitative estimate of drug-likeness (QED) is 0.205. The fraction of sp³-hybridized carbons (Fsp3) is 0.195. The number of pyridine rings is 1. The molecule has 6 rings (SSSR count). The lowest BCUT2D eigenvalue weighted by Crippen LogP contribution is -2.17. The molecule has 2 heterocycles. The Labute approximate surface area is 272 Å². The Morgan fingerprint density at radius 1 is 0.565 bits per heavy atom. The first-order chi connectivity index (χ1) is 22.0. The molecule has 5 nitrogen and oxygen atoms in total. The lowest BCUT2D eigenvalue weighted by atomic mass is 9.79. The van der Waals surface area contributed by atoms with Gasteiger partial charge in [0.25, 0.3) is 0 Å². The van der Waals surface area contributed by atoms with Gasteiger partial charge in [-0.3, -0.25) is 4.90 Å². The number of hydrogen-bond acceptors (Lipinski definition) is 5. The molecule has 0 bridgehead atoms. The van der Waals surface area contributed by atoms with E-state index in [0.717, 1.165) is 50.8 Å². The molecule has 0 aliphatic carbocycles. The fourth-order valence-corrected chi connectivity index (χ4v) is 5.56. The third-order valence-electron chi connectivity index (χ3n) is 8.11. The van der Waals surface area contributed by atoms with Gasteiger partial charge in [-0.15, -0.1) is 0 Å². The molecular weight excluding hydrogens is 564 g/mol. The van der Waals surface area contributed by atoms with E-state index < -0.39 is 0 Å². The zero-order valence-corrected chi connectivity index (χ0v) is 27.4. The number of rotatable bonds is 6. The van der Waals surface area contributed by atoms with Gasteiger partial charge in [0.2, 0.25) is 0 Å². The second kappa shape index (κ2) is 12.2. The van der Waals surface area contributed by atoms with Gasteiger partial charge in [0.1, 0.15) is 11.6 Å². The second-order valence-corrected chi connectivity index (χ2v) is 13.7. The average molecular weight is 605 g/mol. The highest BCUT2D eigenvalue weighted by Crippen LogP contribution is 2.42. The molecular formula is C41H40N4O. The predicted octanol–water partition coefficient (Wildman–Crippen LogP) is 10.6. The van der Waals surface area contributed by atoms with Gasteiger partial charge in [-0.25, -0.2) is 15.0 Å². The van der Waals surface area contributed by atoms with Crippen molar-refractivity contribution < 1.29 is 5.11 Å². The molecule has 2 aromatic heterocycles. The van der Waals surface area contributed by atoms with Crippen LogP contribution in [-0.4, -0.2) is 20.1 Å². The highest BCUT2D eigenvalue weighted by atomic mass is 16.3. The summed E-state index contributed by atoms with van der Waals surface area (Å²) in [5.74, 6) is 1.52. The number of nitrogens with zero attached hydrogens (tertiary/aromatic N) is 4. The van der Waals surface area contributed by atoms with Crippen molar-refractivity contribution in [1.82, 2.24) is 15.0 Å². The van der Waals surface area contributed by atoms with Gasteiger partial charge in [-0.1, -0.05) is 114 Å². The predicted molar refractivity (Wildman–Crippen MR) is 190 cm³/mol. The minimum Gasteiger partial charge on any atom is -0.507 e. The van der Waals surface area contributed by atoms with E-state index in [-0.39, 0.29) is 16.6 Å². The molecule has 0 aliphatic rings. The number of hydrogen-bond donors (Lipinski definition) is 1. The standard InChI is InChI=1S/C41H40N4O/c1-40(2,3)30-25-33(38(46)34(26-30)41(4,5)6)39-43-35(28-16-9-7-10-17-28)27-36(44-39)29-18-15-21-32(24-29)45(31-19-11-8-12-20-31)37-22-13-14-23-42-37/h7-27,46H,1-6H3. The lowest BCUT2D eigenvalue weighted by molar-refractivity contribution is 0.446. The number of aromatic hydroxyl groups is 1. The Hall–Kier alpha value is -5.29. The third kappa shape index (κ3) is 6.40. The van der Waals surface area contributed by atoms with Crippen molar-refractivity contribution in [2.24, 2.45) is 0 Å². The Morgan fingerprint density at radius 2 is 1.17 bits per heavy atom. The van der Waals surface area contributed by atoms with E-state index in [0.29, 0.717) is 11.4 Å². The molecule has 0 fully saturated rings. The van der Waals surface area contributed by atoms with E-state index in [1.54, 1.807) is 0 Å². The summed E-state index contributed by atoms with van der Waals surface area (Å²) in [4.78, 5) is 17.0. The van der Waals surface area contributed by atoms with Gasteiger partial charge in [0.15, 0.2) is 5.82 Å². The van der Waals surface area contributed by atoms with E-state index in [9.17, 15) is 5.11 Å². The molecule has 5 heteroatoms. The Kier molecular flexibility index (Phi) is 8.18. The molecule has 46 heavy (non-hydrogen) atoms. The minimum atomic E-state index is -0.277. The number of aromatic nitrogens is 3. The fourth-order valence-electron chi connectivity index (χ4n) is 5.56. The van der Waals surface area contributed by atoms with Gasteiger partial charge in [-0.2, -0.15) is 0 Å². The molecule has 1 N–H and O–H groups in total. The summed E-state index contributed by atoms with van der Waals surface area (Å²) in [6.45, 7) is 12.9. The third-order valence-corrected chi connectivity index (χ3v) is 8.11. The molecule has 4 aromatic carbocycles. The smallest absolute Gasteiger partial charge is 0.164 e. The molecule has 230 valence electrons. The van der Waals surface area contributed by atoms with E-state index in [2.05, 4.69) is 100.0 Å². The van der Waals surface area contributed by atoms with Crippen molar-refractivity contribution in [2.75, 3.05) is 4.90 Å². The zero-order chi connectivity index (χ0) is 32.5. The molecule has 0 spiro atoms. The summed E-state index contributed by atoms with van der Waals surface area (Å²) < 4.78 is 0. The largest absolute Gasteiger partial charge is 0.507 e. The van der Waals surface area contributed by atoms with Crippen molar-refractivity contribution in [3.05, 3.63) is 139 Å². The lowest BCUT2D eigenvalue weighted by Gasteiger charge is -2.27. The maximum absolute atomic E-state index is 11.8. The van der Waals surface area contributed by atoms with Gasteiger partial charge in [-0.05, 0) is 64.9 Å². The highest BCUT2D eigenvalue weighted by molar-refractivity contribution is 5.80. The number of benzene rings is 4. The maximum atomic E-state index is 11.8. The van der Waals surface area contributed by atoms with Crippen LogP contribution in [-0.2, 0) is 10.8 Å². The van der Waals surface area contributed by atoms with Gasteiger partial charge in [0, 0.05) is 34.3 Å². The van der Waals surface area contributed by atoms with Crippen LogP contribution in [0.5, 0.6) is 5.75 Å². The summed E-state index contributed by atoms with van der Waals surface area (Å²) in [6.07, 6.45) is 1.81. The molecule has 0 saturated heterocycles. The average Bonchev–Trinajstić information content (AvgIpc) is 3.05. The van der Waals surface area contributed by atoms with Crippen molar-refractivity contribution in [3.63, 3.8) is 0 Å². The molecule has 6 aromatic rings. The van der Waals surface area contributed by atoms with Crippen molar-refractivity contribution in [3.8, 4) is 39.7 Å². The number of phenolic OH excluding ortho intramolecular Hbond substituents is 1. The van der Waals surface area contributed by atoms with Crippen molar-refractivity contribution in [1.29, 1.82) is 0 Å². The number of para-hydroxylation sites is 1. The molecule has 0 aliphatic heterocycles. The van der Waals surface area contributed by atoms with Crippen LogP contribution in [0.1, 0.15) is 52.7 Å². The first kappa shape index (κ1) is 30.7. The van der Waals surface area contributed by atoms with Crippen LogP contribution < -0.4 is 4.90 Å².